The molecule has 2 nitrogen and oxygen atoms in total. The van der Waals surface area contributed by atoms with Gasteiger partial charge in [-0.05, 0) is 83.7 Å². The summed E-state index contributed by atoms with van der Waals surface area (Å²) >= 11 is 0. The molecule has 0 saturated carbocycles. The summed E-state index contributed by atoms with van der Waals surface area (Å²) in [6.45, 7) is 16.2. The lowest BCUT2D eigenvalue weighted by Crippen LogP contribution is -2.32. The van der Waals surface area contributed by atoms with Gasteiger partial charge in [-0.1, -0.05) is 47.5 Å². The number of rotatable bonds is 3. The molecular formula is C20H44N2. The van der Waals surface area contributed by atoms with Gasteiger partial charge in [-0.2, -0.15) is 0 Å². The maximum atomic E-state index is 2.44. The normalized spacial score (nSPS) is 21.8. The molecule has 2 aliphatic rings. The first-order valence-electron chi connectivity index (χ1n) is 9.90. The fourth-order valence-corrected chi connectivity index (χ4v) is 3.45. The summed E-state index contributed by atoms with van der Waals surface area (Å²) in [6, 6.07) is 0. The summed E-state index contributed by atoms with van der Waals surface area (Å²) in [6.07, 6.45) is 8.51. The molecule has 0 aromatic rings. The van der Waals surface area contributed by atoms with Crippen LogP contribution in [0.25, 0.3) is 0 Å². The Kier molecular flexibility index (Phi) is 13.3. The minimum absolute atomic E-state index is 0.897. The van der Waals surface area contributed by atoms with Crippen molar-refractivity contribution in [1.82, 2.24) is 9.80 Å². The summed E-state index contributed by atoms with van der Waals surface area (Å²) in [7, 11) is 4.44. The van der Waals surface area contributed by atoms with Crippen LogP contribution >= 0.6 is 0 Å². The van der Waals surface area contributed by atoms with Crippen LogP contribution in [0.15, 0.2) is 0 Å². The molecule has 22 heavy (non-hydrogen) atoms. The Bertz CT molecular complexity index is 224. The molecule has 0 aliphatic carbocycles. The molecule has 2 heteroatoms. The van der Waals surface area contributed by atoms with Crippen LogP contribution in [-0.4, -0.2) is 50.1 Å². The van der Waals surface area contributed by atoms with Crippen molar-refractivity contribution >= 4 is 0 Å². The molecule has 2 fully saturated rings. The smallest absolute Gasteiger partial charge is 0.00190 e. The van der Waals surface area contributed by atoms with Crippen LogP contribution in [0, 0.1) is 17.8 Å². The minimum Gasteiger partial charge on any atom is -0.306 e. The number of nitrogens with zero attached hydrogens (tertiary/aromatic N) is 2. The first-order chi connectivity index (χ1) is 10.5. The van der Waals surface area contributed by atoms with Crippen LogP contribution in [0.3, 0.4) is 0 Å². The van der Waals surface area contributed by atoms with E-state index in [1.54, 1.807) is 0 Å². The van der Waals surface area contributed by atoms with E-state index in [2.05, 4.69) is 44.7 Å². The Morgan fingerprint density at radius 1 is 0.818 bits per heavy atom. The number of likely N-dealkylation sites (tertiary alicyclic amines) is 2. The zero-order valence-corrected chi connectivity index (χ0v) is 16.7. The van der Waals surface area contributed by atoms with Crippen molar-refractivity contribution in [1.29, 1.82) is 0 Å². The van der Waals surface area contributed by atoms with E-state index in [1.807, 2.05) is 13.8 Å². The number of hydrogen-bond acceptors (Lipinski definition) is 2. The molecule has 0 atom stereocenters. The molecule has 0 radical (unpaired) electrons. The van der Waals surface area contributed by atoms with E-state index in [9.17, 15) is 0 Å². The Hall–Kier alpha value is -0.0800. The van der Waals surface area contributed by atoms with E-state index in [1.165, 1.54) is 64.7 Å². The summed E-state index contributed by atoms with van der Waals surface area (Å²) in [5.74, 6) is 2.94. The average Bonchev–Trinajstić information content (AvgIpc) is 2.53. The lowest BCUT2D eigenvalue weighted by Gasteiger charge is -2.31. The van der Waals surface area contributed by atoms with Gasteiger partial charge in [0.15, 0.2) is 0 Å². The second-order valence-electron chi connectivity index (χ2n) is 7.42. The van der Waals surface area contributed by atoms with Crippen molar-refractivity contribution in [3.8, 4) is 0 Å². The second kappa shape index (κ2) is 13.4. The molecule has 0 unspecified atom stereocenters. The summed E-state index contributed by atoms with van der Waals surface area (Å²) in [4.78, 5) is 4.87. The van der Waals surface area contributed by atoms with E-state index in [0.717, 1.165) is 17.8 Å². The molecule has 0 spiro atoms. The van der Waals surface area contributed by atoms with Crippen LogP contribution in [0.2, 0.25) is 0 Å². The third-order valence-electron chi connectivity index (χ3n) is 5.24. The van der Waals surface area contributed by atoms with Gasteiger partial charge >= 0.3 is 0 Å². The average molecular weight is 313 g/mol. The first-order valence-corrected chi connectivity index (χ1v) is 9.90. The molecule has 0 aromatic heterocycles. The summed E-state index contributed by atoms with van der Waals surface area (Å²) < 4.78 is 0. The van der Waals surface area contributed by atoms with Crippen molar-refractivity contribution in [2.24, 2.45) is 17.8 Å². The van der Waals surface area contributed by atoms with Crippen LogP contribution in [-0.2, 0) is 0 Å². The molecule has 2 saturated heterocycles. The van der Waals surface area contributed by atoms with E-state index >= 15 is 0 Å². The lowest BCUT2D eigenvalue weighted by molar-refractivity contribution is 0.185. The Labute approximate surface area is 141 Å². The van der Waals surface area contributed by atoms with Crippen LogP contribution < -0.4 is 0 Å². The highest BCUT2D eigenvalue weighted by Gasteiger charge is 2.18. The standard InChI is InChI=1S/2C9H19N.C2H6/c1-8(2)9-4-6-10(3)7-5-9;1-3-4-9-5-7-10(2)8-6-9;1-2/h8-9H,4-7H2,1-3H3;9H,3-8H2,1-2H3;1-2H3. The maximum Gasteiger partial charge on any atom is -0.00190 e. The third-order valence-corrected chi connectivity index (χ3v) is 5.24. The Morgan fingerprint density at radius 3 is 1.59 bits per heavy atom. The van der Waals surface area contributed by atoms with Crippen molar-refractivity contribution in [3.63, 3.8) is 0 Å². The largest absolute Gasteiger partial charge is 0.306 e. The predicted molar refractivity (Wildman–Crippen MR) is 102 cm³/mol. The highest BCUT2D eigenvalue weighted by molar-refractivity contribution is 4.71. The zero-order chi connectivity index (χ0) is 17.0. The Balaban J connectivity index is 0.000000360. The van der Waals surface area contributed by atoms with Crippen molar-refractivity contribution in [2.75, 3.05) is 40.3 Å². The lowest BCUT2D eigenvalue weighted by atomic mass is 9.87. The highest BCUT2D eigenvalue weighted by atomic mass is 15.1. The molecule has 134 valence electrons. The van der Waals surface area contributed by atoms with Crippen molar-refractivity contribution in [2.45, 2.75) is 73.1 Å². The molecule has 0 bridgehead atoms. The van der Waals surface area contributed by atoms with Gasteiger partial charge in [-0.3, -0.25) is 0 Å². The minimum atomic E-state index is 0.897. The third kappa shape index (κ3) is 9.84. The van der Waals surface area contributed by atoms with Gasteiger partial charge in [-0.25, -0.2) is 0 Å². The van der Waals surface area contributed by atoms with Crippen LogP contribution in [0.4, 0.5) is 0 Å². The topological polar surface area (TPSA) is 6.48 Å². The van der Waals surface area contributed by atoms with Crippen molar-refractivity contribution < 1.29 is 0 Å². The first kappa shape index (κ1) is 21.9. The fourth-order valence-electron chi connectivity index (χ4n) is 3.45. The molecule has 2 heterocycles. The van der Waals surface area contributed by atoms with Gasteiger partial charge < -0.3 is 9.80 Å². The van der Waals surface area contributed by atoms with E-state index in [4.69, 9.17) is 0 Å². The zero-order valence-electron chi connectivity index (χ0n) is 16.7. The monoisotopic (exact) mass is 312 g/mol. The van der Waals surface area contributed by atoms with Gasteiger partial charge in [0.2, 0.25) is 0 Å². The highest BCUT2D eigenvalue weighted by Crippen LogP contribution is 2.23. The van der Waals surface area contributed by atoms with Crippen LogP contribution in [0.5, 0.6) is 0 Å². The molecule has 0 aromatic carbocycles. The van der Waals surface area contributed by atoms with Gasteiger partial charge in [0.05, 0.1) is 0 Å². The molecule has 0 amide bonds. The molecule has 2 aliphatic heterocycles. The van der Waals surface area contributed by atoms with Gasteiger partial charge in [-0.15, -0.1) is 0 Å². The van der Waals surface area contributed by atoms with E-state index < -0.39 is 0 Å². The SMILES string of the molecule is CC.CC(C)C1CCN(C)CC1.CCCC1CCN(C)CC1. The summed E-state index contributed by atoms with van der Waals surface area (Å²) in [5.41, 5.74) is 0. The van der Waals surface area contributed by atoms with E-state index in [0.29, 0.717) is 0 Å². The number of piperidine rings is 2. The Morgan fingerprint density at radius 2 is 1.23 bits per heavy atom. The quantitative estimate of drug-likeness (QED) is 0.712. The molecule has 2 rings (SSSR count). The maximum absolute atomic E-state index is 2.44. The van der Waals surface area contributed by atoms with Crippen LogP contribution in [0.1, 0.15) is 73.1 Å². The van der Waals surface area contributed by atoms with Gasteiger partial charge in [0.25, 0.3) is 0 Å². The molecule has 0 N–H and O–H groups in total. The molecular weight excluding hydrogens is 268 g/mol. The van der Waals surface area contributed by atoms with Gasteiger partial charge in [0, 0.05) is 0 Å². The second-order valence-corrected chi connectivity index (χ2v) is 7.42. The fraction of sp³-hybridized carbons (Fsp3) is 1.00. The van der Waals surface area contributed by atoms with Crippen molar-refractivity contribution in [3.05, 3.63) is 0 Å². The van der Waals surface area contributed by atoms with E-state index in [-0.39, 0.29) is 0 Å². The summed E-state index contributed by atoms with van der Waals surface area (Å²) in [5, 5.41) is 0. The number of hydrogen-bond donors (Lipinski definition) is 0. The predicted octanol–water partition coefficient (Wildman–Crippen LogP) is 5.14. The van der Waals surface area contributed by atoms with Gasteiger partial charge in [0.1, 0.15) is 0 Å².